The van der Waals surface area contributed by atoms with Gasteiger partial charge in [0.25, 0.3) is 0 Å². The molecule has 0 saturated heterocycles. The quantitative estimate of drug-likeness (QED) is 0.374. The molecule has 1 N–H and O–H groups in total. The summed E-state index contributed by atoms with van der Waals surface area (Å²) in [5.74, 6) is 0. The molecule has 0 bridgehead atoms. The van der Waals surface area contributed by atoms with Crippen molar-refractivity contribution in [3.05, 3.63) is 72.8 Å². The Balaban J connectivity index is 1.58. The Kier molecular flexibility index (Phi) is 4.84. The number of aromatic nitrogens is 1. The summed E-state index contributed by atoms with van der Waals surface area (Å²) >= 11 is 0. The zero-order valence-corrected chi connectivity index (χ0v) is 18.7. The predicted molar refractivity (Wildman–Crippen MR) is 131 cm³/mol. The molecule has 0 amide bonds. The van der Waals surface area contributed by atoms with Crippen LogP contribution >= 0.6 is 0 Å². The number of benzene rings is 3. The van der Waals surface area contributed by atoms with Gasteiger partial charge in [0.2, 0.25) is 0 Å². The number of hydrogen-bond acceptors (Lipinski definition) is 4. The molecule has 5 rings (SSSR count). The van der Waals surface area contributed by atoms with Crippen LogP contribution in [0.4, 0.5) is 0 Å². The Hall–Kier alpha value is -3.15. The highest BCUT2D eigenvalue weighted by Crippen LogP contribution is 2.39. The third kappa shape index (κ3) is 3.48. The van der Waals surface area contributed by atoms with Crippen LogP contribution in [0.15, 0.2) is 77.2 Å². The van der Waals surface area contributed by atoms with Gasteiger partial charge < -0.3 is 14.2 Å². The van der Waals surface area contributed by atoms with E-state index in [-0.39, 0.29) is 0 Å². The lowest BCUT2D eigenvalue weighted by Crippen LogP contribution is -2.49. The summed E-state index contributed by atoms with van der Waals surface area (Å²) in [6.07, 6.45) is 0. The highest BCUT2D eigenvalue weighted by Gasteiger charge is 2.35. The Morgan fingerprint density at radius 1 is 0.844 bits per heavy atom. The maximum absolute atomic E-state index is 10.3. The highest BCUT2D eigenvalue weighted by atomic mass is 16.5. The molecule has 4 nitrogen and oxygen atoms in total. The molecule has 0 atom stereocenters. The number of hydrogen-bond donors (Lipinski definition) is 1. The van der Waals surface area contributed by atoms with Crippen molar-refractivity contribution in [1.29, 1.82) is 0 Å². The number of pyridine rings is 1. The van der Waals surface area contributed by atoms with Crippen LogP contribution in [0.25, 0.3) is 44.1 Å². The minimum absolute atomic E-state index is 0.715. The molecule has 1 radical (unpaired) electrons. The van der Waals surface area contributed by atoms with Crippen molar-refractivity contribution in [3.8, 4) is 11.3 Å². The zero-order chi connectivity index (χ0) is 22.5. The maximum Gasteiger partial charge on any atom is 0.330 e. The minimum Gasteiger partial charge on any atom is -0.455 e. The van der Waals surface area contributed by atoms with Crippen molar-refractivity contribution in [2.75, 3.05) is 0 Å². The van der Waals surface area contributed by atoms with Crippen molar-refractivity contribution in [1.82, 2.24) is 4.98 Å². The molecule has 0 spiro atoms. The minimum atomic E-state index is -0.966. The van der Waals surface area contributed by atoms with E-state index in [4.69, 9.17) is 14.1 Å². The van der Waals surface area contributed by atoms with E-state index >= 15 is 0 Å². The first-order valence-corrected chi connectivity index (χ1v) is 10.8. The van der Waals surface area contributed by atoms with Gasteiger partial charge in [0.15, 0.2) is 0 Å². The van der Waals surface area contributed by atoms with Crippen molar-refractivity contribution < 1.29 is 14.2 Å². The number of furan rings is 1. The van der Waals surface area contributed by atoms with Gasteiger partial charge in [-0.1, -0.05) is 60.1 Å². The van der Waals surface area contributed by atoms with Crippen LogP contribution < -0.4 is 5.46 Å². The largest absolute Gasteiger partial charge is 0.455 e. The molecule has 0 saturated carbocycles. The smallest absolute Gasteiger partial charge is 0.330 e. The lowest BCUT2D eigenvalue weighted by molar-refractivity contribution is -0.0893. The van der Waals surface area contributed by atoms with Gasteiger partial charge in [-0.15, -0.1) is 0 Å². The van der Waals surface area contributed by atoms with Gasteiger partial charge in [0.05, 0.1) is 27.8 Å². The molecule has 0 aliphatic heterocycles. The number of rotatable bonds is 5. The third-order valence-corrected chi connectivity index (χ3v) is 6.36. The molecule has 2 heterocycles. The molecule has 32 heavy (non-hydrogen) atoms. The lowest BCUT2D eigenvalue weighted by Gasteiger charge is -2.37. The average Bonchev–Trinajstić information content (AvgIpc) is 3.17. The zero-order valence-electron chi connectivity index (χ0n) is 18.7. The lowest BCUT2D eigenvalue weighted by atomic mass is 9.82. The first-order chi connectivity index (χ1) is 15.2. The van der Waals surface area contributed by atoms with Crippen LogP contribution in [-0.4, -0.2) is 28.8 Å². The van der Waals surface area contributed by atoms with Gasteiger partial charge >= 0.3 is 7.48 Å². The average molecular weight is 422 g/mol. The van der Waals surface area contributed by atoms with E-state index in [2.05, 4.69) is 12.1 Å². The molecule has 0 aliphatic carbocycles. The first kappa shape index (κ1) is 20.7. The van der Waals surface area contributed by atoms with E-state index in [1.165, 1.54) is 0 Å². The van der Waals surface area contributed by atoms with E-state index in [0.717, 1.165) is 49.6 Å². The van der Waals surface area contributed by atoms with Crippen LogP contribution in [0.3, 0.4) is 0 Å². The van der Waals surface area contributed by atoms with E-state index < -0.39 is 11.2 Å². The summed E-state index contributed by atoms with van der Waals surface area (Å²) in [7, 11) is 1.69. The Bertz CT molecular complexity index is 1430. The summed E-state index contributed by atoms with van der Waals surface area (Å²) in [5, 5.41) is 13.4. The summed E-state index contributed by atoms with van der Waals surface area (Å²) < 4.78 is 12.2. The van der Waals surface area contributed by atoms with Crippen LogP contribution in [0.5, 0.6) is 0 Å². The standard InChI is InChI=1S/C27H25BNO3/c1-26(2,30)27(3,4)32-28-18-15-13-17(14-16-18)24-23-20-10-6-8-12-22(20)31-25(23)19-9-5-7-11-21(19)29-24/h5-16,30H,1-4H3. The van der Waals surface area contributed by atoms with E-state index in [9.17, 15) is 5.11 Å². The molecular weight excluding hydrogens is 397 g/mol. The number of aliphatic hydroxyl groups is 1. The third-order valence-electron chi connectivity index (χ3n) is 6.36. The second-order valence-corrected chi connectivity index (χ2v) is 9.21. The Morgan fingerprint density at radius 3 is 2.22 bits per heavy atom. The Labute approximate surface area is 188 Å². The van der Waals surface area contributed by atoms with Gasteiger partial charge in [-0.05, 0) is 45.9 Å². The second kappa shape index (κ2) is 7.47. The van der Waals surface area contributed by atoms with E-state index in [1.807, 2.05) is 74.5 Å². The molecule has 0 fully saturated rings. The van der Waals surface area contributed by atoms with Crippen molar-refractivity contribution in [2.45, 2.75) is 38.9 Å². The van der Waals surface area contributed by atoms with Crippen LogP contribution in [0.1, 0.15) is 27.7 Å². The van der Waals surface area contributed by atoms with E-state index in [1.54, 1.807) is 21.3 Å². The molecule has 3 aromatic carbocycles. The molecule has 5 aromatic rings. The predicted octanol–water partition coefficient (Wildman–Crippen LogP) is 5.61. The topological polar surface area (TPSA) is 55.5 Å². The van der Waals surface area contributed by atoms with Crippen LogP contribution in [-0.2, 0) is 4.65 Å². The number of fused-ring (bicyclic) bond motifs is 5. The molecular formula is C27H25BNO3. The second-order valence-electron chi connectivity index (χ2n) is 9.21. The SMILES string of the molecule is CC(C)(O)C(C)(C)O[B]c1ccc(-c2nc3ccccc3c3oc4ccccc4c23)cc1. The molecule has 2 aromatic heterocycles. The summed E-state index contributed by atoms with van der Waals surface area (Å²) in [6.45, 7) is 7.24. The van der Waals surface area contributed by atoms with Crippen molar-refractivity contribution >= 4 is 45.8 Å². The van der Waals surface area contributed by atoms with Crippen molar-refractivity contribution in [3.63, 3.8) is 0 Å². The fourth-order valence-corrected chi connectivity index (χ4v) is 3.70. The fourth-order valence-electron chi connectivity index (χ4n) is 3.70. The summed E-state index contributed by atoms with van der Waals surface area (Å²) in [6, 6.07) is 24.2. The fraction of sp³-hybridized carbons (Fsp3) is 0.222. The van der Waals surface area contributed by atoms with Crippen molar-refractivity contribution in [2.24, 2.45) is 0 Å². The van der Waals surface area contributed by atoms with Gasteiger partial charge in [0.1, 0.15) is 11.2 Å². The normalized spacial score (nSPS) is 12.7. The summed E-state index contributed by atoms with van der Waals surface area (Å²) in [4.78, 5) is 5.01. The molecule has 5 heteroatoms. The van der Waals surface area contributed by atoms with Crippen LogP contribution in [0.2, 0.25) is 0 Å². The molecule has 0 unspecified atom stereocenters. The maximum atomic E-state index is 10.3. The monoisotopic (exact) mass is 422 g/mol. The number of nitrogens with zero attached hydrogens (tertiary/aromatic N) is 1. The summed E-state index contributed by atoms with van der Waals surface area (Å²) in [5.41, 5.74) is 3.76. The van der Waals surface area contributed by atoms with Crippen LogP contribution in [0, 0.1) is 0 Å². The van der Waals surface area contributed by atoms with Gasteiger partial charge in [-0.3, -0.25) is 0 Å². The number of para-hydroxylation sites is 2. The van der Waals surface area contributed by atoms with E-state index in [0.29, 0.717) is 0 Å². The molecule has 159 valence electrons. The van der Waals surface area contributed by atoms with Gasteiger partial charge in [0, 0.05) is 16.3 Å². The first-order valence-electron chi connectivity index (χ1n) is 10.8. The van der Waals surface area contributed by atoms with Gasteiger partial charge in [-0.2, -0.15) is 0 Å². The molecule has 0 aliphatic rings. The highest BCUT2D eigenvalue weighted by molar-refractivity contribution is 6.47. The Morgan fingerprint density at radius 2 is 1.50 bits per heavy atom. The van der Waals surface area contributed by atoms with Gasteiger partial charge in [-0.25, -0.2) is 4.98 Å².